The number of hydrogen-bond donors (Lipinski definition) is 0. The molecule has 4 aromatic rings. The topological polar surface area (TPSA) is 86.2 Å². The highest BCUT2D eigenvalue weighted by molar-refractivity contribution is 6.06. The molecule has 3 saturated heterocycles. The highest BCUT2D eigenvalue weighted by Gasteiger charge is 2.45. The zero-order valence-corrected chi connectivity index (χ0v) is 24.9. The first-order valence-electron chi connectivity index (χ1n) is 15.3. The highest BCUT2D eigenvalue weighted by Crippen LogP contribution is 2.41. The minimum absolute atomic E-state index is 0.0388. The number of anilines is 1. The Labute approximate surface area is 251 Å². The molecule has 224 valence electrons. The van der Waals surface area contributed by atoms with Crippen molar-refractivity contribution < 1.29 is 23.7 Å². The molecule has 43 heavy (non-hydrogen) atoms. The second-order valence-electron chi connectivity index (χ2n) is 11.9. The van der Waals surface area contributed by atoms with Gasteiger partial charge in [0.2, 0.25) is 0 Å². The van der Waals surface area contributed by atoms with Gasteiger partial charge in [0, 0.05) is 25.6 Å². The summed E-state index contributed by atoms with van der Waals surface area (Å²) in [5, 5.41) is 3.01. The van der Waals surface area contributed by atoms with Gasteiger partial charge in [0.1, 0.15) is 19.0 Å². The molecule has 0 atom stereocenters. The van der Waals surface area contributed by atoms with E-state index in [9.17, 15) is 4.79 Å². The second-order valence-corrected chi connectivity index (χ2v) is 11.9. The molecule has 9 nitrogen and oxygen atoms in total. The van der Waals surface area contributed by atoms with E-state index < -0.39 is 0 Å². The Hall–Kier alpha value is -3.79. The van der Waals surface area contributed by atoms with Gasteiger partial charge in [-0.25, -0.2) is 0 Å². The van der Waals surface area contributed by atoms with Gasteiger partial charge in [-0.15, -0.1) is 0 Å². The monoisotopic (exact) mass is 582 g/mol. The van der Waals surface area contributed by atoms with Gasteiger partial charge < -0.3 is 18.9 Å². The van der Waals surface area contributed by atoms with E-state index in [-0.39, 0.29) is 24.8 Å². The van der Waals surface area contributed by atoms with Gasteiger partial charge in [0.15, 0.2) is 12.6 Å². The molecule has 3 aliphatic rings. The first-order chi connectivity index (χ1) is 21.1. The van der Waals surface area contributed by atoms with Crippen molar-refractivity contribution in [2.24, 2.45) is 0 Å². The summed E-state index contributed by atoms with van der Waals surface area (Å²) in [6, 6.07) is 16.8. The van der Waals surface area contributed by atoms with E-state index in [1.807, 2.05) is 24.3 Å². The van der Waals surface area contributed by atoms with Crippen LogP contribution in [-0.4, -0.2) is 79.7 Å². The van der Waals surface area contributed by atoms with Gasteiger partial charge in [0.25, 0.3) is 5.91 Å². The van der Waals surface area contributed by atoms with Crippen molar-refractivity contribution in [1.29, 1.82) is 0 Å². The molecule has 0 unspecified atom stereocenters. The summed E-state index contributed by atoms with van der Waals surface area (Å²) in [6.07, 6.45) is 5.39. The molecular weight excluding hydrogens is 544 g/mol. The summed E-state index contributed by atoms with van der Waals surface area (Å²) in [4.78, 5) is 27.4. The Morgan fingerprint density at radius 3 is 2.60 bits per heavy atom. The normalized spacial score (nSPS) is 18.7. The number of rotatable bonds is 8. The maximum absolute atomic E-state index is 13.2. The van der Waals surface area contributed by atoms with Crippen molar-refractivity contribution in [3.63, 3.8) is 0 Å². The van der Waals surface area contributed by atoms with Gasteiger partial charge >= 0.3 is 6.01 Å². The first kappa shape index (κ1) is 28.0. The van der Waals surface area contributed by atoms with Crippen molar-refractivity contribution >= 4 is 33.4 Å². The standard InChI is InChI=1S/C34H38N4O5/c1-23-26(29-19-25(43-22-40-2)18-24-8-3-4-9-27(24)29)10-11-28-31(23)35-33(36-32(28)38-16-7-17-41-20-30(38)39)42-21-34-12-5-14-37(34)15-6-13-34/h3-4,8-11,18-19H,5-7,12-17,20-22H2,1-2H3. The summed E-state index contributed by atoms with van der Waals surface area (Å²) in [5.74, 6) is 1.21. The molecule has 1 aromatic heterocycles. The van der Waals surface area contributed by atoms with Crippen molar-refractivity contribution in [2.45, 2.75) is 44.6 Å². The number of aromatic nitrogens is 2. The SMILES string of the molecule is COCOc1cc(-c2ccc3c(N4CCCOCC4=O)nc(OCC45CCCN4CCC5)nc3c2C)c2ccccc2c1. The van der Waals surface area contributed by atoms with E-state index in [0.29, 0.717) is 31.6 Å². The Balaban J connectivity index is 1.36. The number of carbonyl (C=O) groups excluding carboxylic acids is 1. The van der Waals surface area contributed by atoms with Crippen LogP contribution >= 0.6 is 0 Å². The number of hydrogen-bond acceptors (Lipinski definition) is 8. The largest absolute Gasteiger partial charge is 0.468 e. The van der Waals surface area contributed by atoms with Crippen LogP contribution in [-0.2, 0) is 14.3 Å². The summed E-state index contributed by atoms with van der Waals surface area (Å²) < 4.78 is 23.1. The zero-order chi connectivity index (χ0) is 29.4. The highest BCUT2D eigenvalue weighted by atomic mass is 16.7. The van der Waals surface area contributed by atoms with Crippen LogP contribution in [0.25, 0.3) is 32.8 Å². The summed E-state index contributed by atoms with van der Waals surface area (Å²) in [6.45, 7) is 6.17. The Morgan fingerprint density at radius 1 is 0.930 bits per heavy atom. The molecule has 0 N–H and O–H groups in total. The molecule has 3 fully saturated rings. The molecule has 3 aliphatic heterocycles. The molecular formula is C34H38N4O5. The van der Waals surface area contributed by atoms with Crippen LogP contribution in [0, 0.1) is 6.92 Å². The number of aryl methyl sites for hydroxylation is 1. The van der Waals surface area contributed by atoms with Gasteiger partial charge in [-0.05, 0) is 97.8 Å². The van der Waals surface area contributed by atoms with Crippen LogP contribution in [0.4, 0.5) is 5.82 Å². The van der Waals surface area contributed by atoms with Crippen molar-refractivity contribution in [3.05, 3.63) is 54.1 Å². The number of nitrogens with zero attached hydrogens (tertiary/aromatic N) is 4. The third kappa shape index (κ3) is 5.19. The maximum Gasteiger partial charge on any atom is 0.319 e. The third-order valence-electron chi connectivity index (χ3n) is 9.28. The Morgan fingerprint density at radius 2 is 1.77 bits per heavy atom. The van der Waals surface area contributed by atoms with Crippen molar-refractivity contribution in [1.82, 2.24) is 14.9 Å². The van der Waals surface area contributed by atoms with Gasteiger partial charge in [-0.1, -0.05) is 30.3 Å². The summed E-state index contributed by atoms with van der Waals surface area (Å²) >= 11 is 0. The average Bonchev–Trinajstić information content (AvgIpc) is 3.54. The molecule has 7 rings (SSSR count). The van der Waals surface area contributed by atoms with Gasteiger partial charge in [0.05, 0.1) is 11.1 Å². The van der Waals surface area contributed by atoms with Crippen LogP contribution < -0.4 is 14.4 Å². The van der Waals surface area contributed by atoms with E-state index in [4.69, 9.17) is 28.9 Å². The molecule has 0 bridgehead atoms. The van der Waals surface area contributed by atoms with Gasteiger partial charge in [-0.3, -0.25) is 14.6 Å². The van der Waals surface area contributed by atoms with E-state index in [0.717, 1.165) is 76.5 Å². The molecule has 1 amide bonds. The third-order valence-corrected chi connectivity index (χ3v) is 9.28. The fourth-order valence-corrected chi connectivity index (χ4v) is 7.15. The quantitative estimate of drug-likeness (QED) is 0.252. The molecule has 0 spiro atoms. The van der Waals surface area contributed by atoms with Crippen molar-refractivity contribution in [2.75, 3.05) is 58.3 Å². The molecule has 0 aliphatic carbocycles. The number of methoxy groups -OCH3 is 1. The second kappa shape index (κ2) is 11.7. The lowest BCUT2D eigenvalue weighted by molar-refractivity contribution is -0.122. The maximum atomic E-state index is 13.2. The lowest BCUT2D eigenvalue weighted by atomic mass is 9.93. The van der Waals surface area contributed by atoms with Crippen LogP contribution in [0.3, 0.4) is 0 Å². The molecule has 0 saturated carbocycles. The van der Waals surface area contributed by atoms with E-state index in [2.05, 4.69) is 36.1 Å². The van der Waals surface area contributed by atoms with Crippen LogP contribution in [0.2, 0.25) is 0 Å². The number of ether oxygens (including phenoxy) is 4. The number of fused-ring (bicyclic) bond motifs is 3. The first-order valence-corrected chi connectivity index (χ1v) is 15.3. The zero-order valence-electron chi connectivity index (χ0n) is 24.9. The average molecular weight is 583 g/mol. The summed E-state index contributed by atoms with van der Waals surface area (Å²) in [7, 11) is 1.62. The minimum atomic E-state index is -0.101. The molecule has 0 radical (unpaired) electrons. The Bertz CT molecular complexity index is 1660. The van der Waals surface area contributed by atoms with Crippen LogP contribution in [0.1, 0.15) is 37.7 Å². The van der Waals surface area contributed by atoms with E-state index in [1.54, 1.807) is 12.0 Å². The van der Waals surface area contributed by atoms with Crippen LogP contribution in [0.5, 0.6) is 11.8 Å². The molecule has 3 aromatic carbocycles. The van der Waals surface area contributed by atoms with Crippen molar-refractivity contribution in [3.8, 4) is 22.9 Å². The lowest BCUT2D eigenvalue weighted by Gasteiger charge is -2.31. The lowest BCUT2D eigenvalue weighted by Crippen LogP contribution is -2.43. The fraction of sp³-hybridized carbons (Fsp3) is 0.441. The smallest absolute Gasteiger partial charge is 0.319 e. The predicted molar refractivity (Wildman–Crippen MR) is 166 cm³/mol. The number of carbonyl (C=O) groups is 1. The van der Waals surface area contributed by atoms with E-state index in [1.165, 1.54) is 12.8 Å². The fourth-order valence-electron chi connectivity index (χ4n) is 7.15. The van der Waals surface area contributed by atoms with E-state index >= 15 is 0 Å². The van der Waals surface area contributed by atoms with Crippen LogP contribution in [0.15, 0.2) is 48.5 Å². The minimum Gasteiger partial charge on any atom is -0.468 e. The number of benzene rings is 3. The predicted octanol–water partition coefficient (Wildman–Crippen LogP) is 5.50. The molecule has 4 heterocycles. The number of amides is 1. The van der Waals surface area contributed by atoms with Gasteiger partial charge in [-0.2, -0.15) is 9.97 Å². The molecule has 9 heteroatoms. The Kier molecular flexibility index (Phi) is 7.63. The summed E-state index contributed by atoms with van der Waals surface area (Å²) in [5.41, 5.74) is 3.89.